The second-order valence-electron chi connectivity index (χ2n) is 2.06. The molecule has 0 saturated heterocycles. The third-order valence-corrected chi connectivity index (χ3v) is 1.90. The molecule has 4 nitrogen and oxygen atoms in total. The fourth-order valence-corrected chi connectivity index (χ4v) is 1.02. The van der Waals surface area contributed by atoms with Crippen LogP contribution < -0.4 is 29.6 Å². The van der Waals surface area contributed by atoms with Crippen molar-refractivity contribution in [1.29, 1.82) is 0 Å². The quantitative estimate of drug-likeness (QED) is 0.400. The zero-order valence-corrected chi connectivity index (χ0v) is 10.4. The van der Waals surface area contributed by atoms with Crippen molar-refractivity contribution in [2.45, 2.75) is 11.8 Å². The molecule has 0 aliphatic carbocycles. The van der Waals surface area contributed by atoms with E-state index in [0.29, 0.717) is 4.90 Å². The molecular formula is C7H13NaO4S. The predicted octanol–water partition coefficient (Wildman–Crippen LogP) is -2.96. The molecule has 0 aromatic heterocycles. The Balaban J connectivity index is -0.000000125. The molecule has 0 amide bonds. The van der Waals surface area contributed by atoms with Gasteiger partial charge in [-0.25, -0.2) is 4.21 Å². The summed E-state index contributed by atoms with van der Waals surface area (Å²) in [6.07, 6.45) is 0. The fourth-order valence-electron chi connectivity index (χ4n) is 0.655. The van der Waals surface area contributed by atoms with E-state index in [-0.39, 0.29) is 41.9 Å². The molecule has 0 spiro atoms. The van der Waals surface area contributed by atoms with E-state index >= 15 is 0 Å². The van der Waals surface area contributed by atoms with Crippen molar-refractivity contribution in [3.63, 3.8) is 0 Å². The van der Waals surface area contributed by atoms with Gasteiger partial charge in [-0.3, -0.25) is 0 Å². The van der Waals surface area contributed by atoms with Gasteiger partial charge < -0.3 is 16.9 Å². The molecule has 5 N–H and O–H groups in total. The van der Waals surface area contributed by atoms with Crippen LogP contribution in [0, 0.1) is 6.92 Å². The predicted molar refractivity (Wildman–Crippen MR) is 48.6 cm³/mol. The van der Waals surface area contributed by atoms with Crippen LogP contribution in [-0.2, 0) is 11.1 Å². The molecule has 1 aromatic rings. The Morgan fingerprint density at radius 3 is 1.92 bits per heavy atom. The summed E-state index contributed by atoms with van der Waals surface area (Å²) in [5, 5.41) is 0. The largest absolute Gasteiger partial charge is 1.00 e. The van der Waals surface area contributed by atoms with Gasteiger partial charge in [0.2, 0.25) is 0 Å². The molecule has 0 saturated carbocycles. The molecule has 1 rings (SSSR count). The van der Waals surface area contributed by atoms with E-state index in [0.717, 1.165) is 5.56 Å². The maximum absolute atomic E-state index is 10.4. The first-order valence-electron chi connectivity index (χ1n) is 2.87. The molecule has 0 aliphatic rings. The summed E-state index contributed by atoms with van der Waals surface area (Å²) < 4.78 is 19.0. The van der Waals surface area contributed by atoms with Gasteiger partial charge in [-0.05, 0) is 19.1 Å². The zero-order valence-electron chi connectivity index (χ0n) is 8.57. The molecule has 0 radical (unpaired) electrons. The summed E-state index contributed by atoms with van der Waals surface area (Å²) in [5.74, 6) is 0. The second-order valence-corrected chi connectivity index (χ2v) is 3.03. The normalized spacial score (nSPS) is 10.0. The van der Waals surface area contributed by atoms with E-state index in [9.17, 15) is 4.21 Å². The molecule has 1 unspecified atom stereocenters. The van der Waals surface area contributed by atoms with E-state index in [4.69, 9.17) is 4.55 Å². The monoisotopic (exact) mass is 216 g/mol. The van der Waals surface area contributed by atoms with Gasteiger partial charge in [0.25, 0.3) is 0 Å². The molecule has 1 aromatic carbocycles. The van der Waals surface area contributed by atoms with Crippen LogP contribution in [0.5, 0.6) is 0 Å². The van der Waals surface area contributed by atoms with Gasteiger partial charge in [0.1, 0.15) is 0 Å². The zero-order chi connectivity index (χ0) is 7.56. The van der Waals surface area contributed by atoms with Crippen LogP contribution in [0.4, 0.5) is 0 Å². The van der Waals surface area contributed by atoms with Crippen LogP contribution in [0.3, 0.4) is 0 Å². The molecule has 72 valence electrons. The maximum Gasteiger partial charge on any atom is 1.00 e. The minimum Gasteiger partial charge on any atom is -1.00 e. The van der Waals surface area contributed by atoms with Gasteiger partial charge in [-0.1, -0.05) is 17.7 Å². The van der Waals surface area contributed by atoms with E-state index < -0.39 is 11.1 Å². The van der Waals surface area contributed by atoms with Crippen molar-refractivity contribution >= 4 is 11.1 Å². The van der Waals surface area contributed by atoms with E-state index in [1.54, 1.807) is 12.1 Å². The summed E-state index contributed by atoms with van der Waals surface area (Å²) >= 11 is -1.84. The minimum atomic E-state index is -1.84. The van der Waals surface area contributed by atoms with Crippen LogP contribution in [0.2, 0.25) is 0 Å². The van der Waals surface area contributed by atoms with Gasteiger partial charge in [0.15, 0.2) is 11.1 Å². The Hall–Kier alpha value is 0.250. The van der Waals surface area contributed by atoms with E-state index in [1.807, 2.05) is 19.1 Å². The number of rotatable bonds is 1. The molecule has 6 heteroatoms. The molecule has 0 heterocycles. The number of hydrogen-bond donors (Lipinski definition) is 1. The minimum absolute atomic E-state index is 0. The fraction of sp³-hybridized carbons (Fsp3) is 0.143. The Morgan fingerprint density at radius 1 is 1.23 bits per heavy atom. The summed E-state index contributed by atoms with van der Waals surface area (Å²) in [5.41, 5.74) is 1.09. The van der Waals surface area contributed by atoms with Crippen LogP contribution in [-0.4, -0.2) is 19.7 Å². The standard InChI is InChI=1S/C7H8O2S.Na.2H2O.H/c1-6-2-4-7(5-3-6)10(8)9;;;;/h2-5H,1H3,(H,8,9);;2*1H2;/q;+1;;;-1. The molecule has 0 fully saturated rings. The third kappa shape index (κ3) is 6.34. The van der Waals surface area contributed by atoms with Crippen LogP contribution in [0.25, 0.3) is 0 Å². The van der Waals surface area contributed by atoms with Gasteiger partial charge >= 0.3 is 29.6 Å². The van der Waals surface area contributed by atoms with E-state index in [2.05, 4.69) is 0 Å². The molecule has 13 heavy (non-hydrogen) atoms. The van der Waals surface area contributed by atoms with Crippen molar-refractivity contribution in [1.82, 2.24) is 0 Å². The van der Waals surface area contributed by atoms with E-state index in [1.165, 1.54) is 0 Å². The van der Waals surface area contributed by atoms with Gasteiger partial charge in [0, 0.05) is 0 Å². The average molecular weight is 216 g/mol. The van der Waals surface area contributed by atoms with Crippen molar-refractivity contribution < 1.29 is 50.7 Å². The first-order chi connectivity index (χ1) is 4.70. The molecule has 0 bridgehead atoms. The number of hydrogen-bond acceptors (Lipinski definition) is 1. The summed E-state index contributed by atoms with van der Waals surface area (Å²) in [6, 6.07) is 6.91. The van der Waals surface area contributed by atoms with Gasteiger partial charge in [-0.15, -0.1) is 0 Å². The summed E-state index contributed by atoms with van der Waals surface area (Å²) in [6.45, 7) is 1.93. The smallest absolute Gasteiger partial charge is 1.00 e. The first kappa shape index (κ1) is 18.9. The molecule has 0 aliphatic heterocycles. The Labute approximate surface area is 103 Å². The Bertz CT molecular complexity index is 254. The molecule has 1 atom stereocenters. The Morgan fingerprint density at radius 2 is 1.62 bits per heavy atom. The first-order valence-corrected chi connectivity index (χ1v) is 3.98. The van der Waals surface area contributed by atoms with Crippen molar-refractivity contribution in [2.75, 3.05) is 0 Å². The van der Waals surface area contributed by atoms with Crippen molar-refractivity contribution in [3.05, 3.63) is 29.8 Å². The topological polar surface area (TPSA) is 100 Å². The van der Waals surface area contributed by atoms with Crippen LogP contribution in [0.1, 0.15) is 6.99 Å². The van der Waals surface area contributed by atoms with Crippen molar-refractivity contribution in [3.8, 4) is 0 Å². The van der Waals surface area contributed by atoms with Crippen LogP contribution in [0.15, 0.2) is 29.2 Å². The summed E-state index contributed by atoms with van der Waals surface area (Å²) in [7, 11) is 0. The third-order valence-electron chi connectivity index (χ3n) is 1.22. The Kier molecular flexibility index (Phi) is 12.9. The maximum atomic E-state index is 10.4. The molecular weight excluding hydrogens is 203 g/mol. The average Bonchev–Trinajstić information content (AvgIpc) is 1.88. The SMILES string of the molecule is Cc1ccc(S(=O)O)cc1.O.O.[H-].[Na+]. The van der Waals surface area contributed by atoms with Crippen molar-refractivity contribution in [2.24, 2.45) is 0 Å². The van der Waals surface area contributed by atoms with Crippen LogP contribution >= 0.6 is 0 Å². The number of aryl methyl sites for hydroxylation is 1. The second kappa shape index (κ2) is 8.83. The van der Waals surface area contributed by atoms with Gasteiger partial charge in [0.05, 0.1) is 4.90 Å². The van der Waals surface area contributed by atoms with Gasteiger partial charge in [-0.2, -0.15) is 0 Å². The summed E-state index contributed by atoms with van der Waals surface area (Å²) in [4.78, 5) is 0.450. The number of benzene rings is 1.